The van der Waals surface area contributed by atoms with Gasteiger partial charge in [-0.25, -0.2) is 4.39 Å². The first-order valence-electron chi connectivity index (χ1n) is 8.57. The van der Waals surface area contributed by atoms with Crippen molar-refractivity contribution in [3.05, 3.63) is 93.7 Å². The van der Waals surface area contributed by atoms with Crippen LogP contribution in [0.5, 0.6) is 11.5 Å². The first-order valence-corrected chi connectivity index (χ1v) is 8.95. The molecule has 0 radical (unpaired) electrons. The molecule has 6 heteroatoms. The predicted molar refractivity (Wildman–Crippen MR) is 104 cm³/mol. The zero-order valence-corrected chi connectivity index (χ0v) is 15.7. The smallest absolute Gasteiger partial charge is 0.231 e. The van der Waals surface area contributed by atoms with Gasteiger partial charge < -0.3 is 9.47 Å². The van der Waals surface area contributed by atoms with Crippen LogP contribution in [0.15, 0.2) is 60.6 Å². The standard InChI is InChI=1S/C22H15ClFNO3/c1-13-19(27-12-15-2-3-16(24)11-18(15)23)5-4-17-21(26)20(28-22(13)17)10-14-6-8-25-9-7-14/h2-11H,12H2,1H3/b20-10-. The number of carbonyl (C=O) groups is 1. The van der Waals surface area contributed by atoms with Crippen molar-refractivity contribution in [2.75, 3.05) is 0 Å². The van der Waals surface area contributed by atoms with Gasteiger partial charge in [0.05, 0.1) is 10.6 Å². The second kappa shape index (κ2) is 7.44. The maximum atomic E-state index is 13.2. The molecular formula is C22H15ClFNO3. The zero-order valence-electron chi connectivity index (χ0n) is 14.9. The molecule has 1 aliphatic heterocycles. The summed E-state index contributed by atoms with van der Waals surface area (Å²) in [5, 5.41) is 0.299. The van der Waals surface area contributed by atoms with Crippen LogP contribution in [0.4, 0.5) is 4.39 Å². The van der Waals surface area contributed by atoms with Gasteiger partial charge in [0, 0.05) is 23.5 Å². The van der Waals surface area contributed by atoms with Gasteiger partial charge in [-0.3, -0.25) is 9.78 Å². The Kier molecular flexibility index (Phi) is 4.84. The lowest BCUT2D eigenvalue weighted by atomic mass is 10.1. The van der Waals surface area contributed by atoms with Crippen LogP contribution in [0.3, 0.4) is 0 Å². The van der Waals surface area contributed by atoms with Crippen molar-refractivity contribution in [1.82, 2.24) is 4.98 Å². The Bertz CT molecular complexity index is 1100. The number of hydrogen-bond donors (Lipinski definition) is 0. The van der Waals surface area contributed by atoms with Crippen LogP contribution < -0.4 is 9.47 Å². The average Bonchev–Trinajstić information content (AvgIpc) is 3.00. The van der Waals surface area contributed by atoms with Crippen LogP contribution in [-0.4, -0.2) is 10.8 Å². The molecule has 3 aromatic rings. The summed E-state index contributed by atoms with van der Waals surface area (Å²) in [7, 11) is 0. The Morgan fingerprint density at radius 1 is 1.18 bits per heavy atom. The SMILES string of the molecule is Cc1c(OCc2ccc(F)cc2Cl)ccc2c1O/C(=C\c1ccncc1)C2=O. The van der Waals surface area contributed by atoms with E-state index in [9.17, 15) is 9.18 Å². The molecule has 4 rings (SSSR count). The third-order valence-electron chi connectivity index (χ3n) is 4.44. The van der Waals surface area contributed by atoms with Gasteiger partial charge in [-0.15, -0.1) is 0 Å². The van der Waals surface area contributed by atoms with E-state index < -0.39 is 5.82 Å². The second-order valence-corrected chi connectivity index (χ2v) is 6.72. The van der Waals surface area contributed by atoms with Gasteiger partial charge in [0.25, 0.3) is 0 Å². The highest BCUT2D eigenvalue weighted by molar-refractivity contribution is 6.31. The summed E-state index contributed by atoms with van der Waals surface area (Å²) in [5.74, 6) is 0.721. The van der Waals surface area contributed by atoms with Crippen molar-refractivity contribution < 1.29 is 18.7 Å². The predicted octanol–water partition coefficient (Wildman–Crippen LogP) is 5.38. The Morgan fingerprint density at radius 2 is 1.96 bits per heavy atom. The molecule has 0 amide bonds. The largest absolute Gasteiger partial charge is 0.488 e. The van der Waals surface area contributed by atoms with Crippen molar-refractivity contribution in [3.63, 3.8) is 0 Å². The Morgan fingerprint density at radius 3 is 2.71 bits per heavy atom. The summed E-state index contributed by atoms with van der Waals surface area (Å²) in [6, 6.07) is 11.1. The molecule has 0 fully saturated rings. The number of hydrogen-bond acceptors (Lipinski definition) is 4. The first kappa shape index (κ1) is 18.2. The summed E-state index contributed by atoms with van der Waals surface area (Å²) in [6.45, 7) is 2.00. The number of aromatic nitrogens is 1. The fourth-order valence-corrected chi connectivity index (χ4v) is 3.15. The fraction of sp³-hybridized carbons (Fsp3) is 0.0909. The number of Topliss-reactive ketones (excluding diaryl/α,β-unsaturated/α-hetero) is 1. The summed E-state index contributed by atoms with van der Waals surface area (Å²) in [4.78, 5) is 16.6. The van der Waals surface area contributed by atoms with E-state index in [1.54, 1.807) is 48.8 Å². The quantitative estimate of drug-likeness (QED) is 0.556. The lowest BCUT2D eigenvalue weighted by Gasteiger charge is -2.12. The highest BCUT2D eigenvalue weighted by Gasteiger charge is 2.30. The number of benzene rings is 2. The summed E-state index contributed by atoms with van der Waals surface area (Å²) >= 11 is 6.04. The first-order chi connectivity index (χ1) is 13.5. The van der Waals surface area contributed by atoms with E-state index >= 15 is 0 Å². The fourth-order valence-electron chi connectivity index (χ4n) is 2.93. The molecule has 1 aromatic heterocycles. The van der Waals surface area contributed by atoms with Crippen LogP contribution in [-0.2, 0) is 6.61 Å². The van der Waals surface area contributed by atoms with Gasteiger partial charge in [-0.05, 0) is 55.0 Å². The number of allylic oxidation sites excluding steroid dienone is 1. The van der Waals surface area contributed by atoms with E-state index in [0.717, 1.165) is 5.56 Å². The lowest BCUT2D eigenvalue weighted by Crippen LogP contribution is -1.99. The minimum absolute atomic E-state index is 0.173. The Balaban J connectivity index is 1.57. The van der Waals surface area contributed by atoms with Crippen LogP contribution in [0.25, 0.3) is 6.08 Å². The molecule has 0 bridgehead atoms. The third-order valence-corrected chi connectivity index (χ3v) is 4.79. The van der Waals surface area contributed by atoms with Crippen molar-refractivity contribution in [1.29, 1.82) is 0 Å². The van der Waals surface area contributed by atoms with Crippen molar-refractivity contribution in [2.45, 2.75) is 13.5 Å². The van der Waals surface area contributed by atoms with Crippen LogP contribution in [0.1, 0.15) is 27.0 Å². The highest BCUT2D eigenvalue weighted by Crippen LogP contribution is 2.39. The van der Waals surface area contributed by atoms with E-state index in [4.69, 9.17) is 21.1 Å². The monoisotopic (exact) mass is 395 g/mol. The molecule has 0 atom stereocenters. The normalized spacial score (nSPS) is 14.1. The number of carbonyl (C=O) groups excluding carboxylic acids is 1. The number of rotatable bonds is 4. The summed E-state index contributed by atoms with van der Waals surface area (Å²) in [6.07, 6.45) is 4.98. The Labute approximate surface area is 166 Å². The minimum atomic E-state index is -0.400. The maximum Gasteiger partial charge on any atom is 0.231 e. The van der Waals surface area contributed by atoms with E-state index in [1.165, 1.54) is 12.1 Å². The molecule has 0 saturated heterocycles. The molecule has 0 saturated carbocycles. The van der Waals surface area contributed by atoms with E-state index in [0.29, 0.717) is 33.2 Å². The zero-order chi connectivity index (χ0) is 19.7. The highest BCUT2D eigenvalue weighted by atomic mass is 35.5. The number of halogens is 2. The van der Waals surface area contributed by atoms with Crippen molar-refractivity contribution >= 4 is 23.5 Å². The molecule has 140 valence electrons. The summed E-state index contributed by atoms with van der Waals surface area (Å²) < 4.78 is 24.8. The van der Waals surface area contributed by atoms with Gasteiger partial charge in [-0.2, -0.15) is 0 Å². The molecule has 0 unspecified atom stereocenters. The molecule has 4 nitrogen and oxygen atoms in total. The number of ketones is 1. The van der Waals surface area contributed by atoms with E-state index in [-0.39, 0.29) is 18.1 Å². The second-order valence-electron chi connectivity index (χ2n) is 6.31. The number of pyridine rings is 1. The molecule has 28 heavy (non-hydrogen) atoms. The molecule has 0 spiro atoms. The average molecular weight is 396 g/mol. The Hall–Kier alpha value is -3.18. The van der Waals surface area contributed by atoms with Gasteiger partial charge in [0.2, 0.25) is 5.78 Å². The molecular weight excluding hydrogens is 381 g/mol. The molecule has 2 aromatic carbocycles. The van der Waals surface area contributed by atoms with Gasteiger partial charge >= 0.3 is 0 Å². The van der Waals surface area contributed by atoms with Gasteiger partial charge in [0.1, 0.15) is 23.9 Å². The van der Waals surface area contributed by atoms with Crippen LogP contribution in [0, 0.1) is 12.7 Å². The molecule has 1 aliphatic rings. The third kappa shape index (κ3) is 3.49. The number of nitrogens with zero attached hydrogens (tertiary/aromatic N) is 1. The minimum Gasteiger partial charge on any atom is -0.488 e. The number of fused-ring (bicyclic) bond motifs is 1. The molecule has 2 heterocycles. The topological polar surface area (TPSA) is 48.4 Å². The molecule has 0 N–H and O–H groups in total. The van der Waals surface area contributed by atoms with Crippen molar-refractivity contribution in [3.8, 4) is 11.5 Å². The lowest BCUT2D eigenvalue weighted by molar-refractivity contribution is 0.101. The van der Waals surface area contributed by atoms with Gasteiger partial charge in [0.15, 0.2) is 5.76 Å². The van der Waals surface area contributed by atoms with Crippen molar-refractivity contribution in [2.24, 2.45) is 0 Å². The maximum absolute atomic E-state index is 13.2. The molecule has 0 aliphatic carbocycles. The van der Waals surface area contributed by atoms with Crippen LogP contribution >= 0.6 is 11.6 Å². The summed E-state index contributed by atoms with van der Waals surface area (Å²) in [5.41, 5.74) is 2.69. The number of ether oxygens (including phenoxy) is 2. The van der Waals surface area contributed by atoms with E-state index in [2.05, 4.69) is 4.98 Å². The van der Waals surface area contributed by atoms with Crippen LogP contribution in [0.2, 0.25) is 5.02 Å². The van der Waals surface area contributed by atoms with Gasteiger partial charge in [-0.1, -0.05) is 17.7 Å². The van der Waals surface area contributed by atoms with E-state index in [1.807, 2.05) is 6.92 Å².